The van der Waals surface area contributed by atoms with Gasteiger partial charge in [-0.3, -0.25) is 4.79 Å². The summed E-state index contributed by atoms with van der Waals surface area (Å²) >= 11 is 3.43. The van der Waals surface area contributed by atoms with Crippen molar-refractivity contribution in [1.29, 1.82) is 0 Å². The maximum Gasteiger partial charge on any atom is 0.227 e. The van der Waals surface area contributed by atoms with Gasteiger partial charge in [0.2, 0.25) is 5.91 Å². The average Bonchev–Trinajstić information content (AvgIpc) is 2.85. The Hall–Kier alpha value is -0.870. The molecule has 2 N–H and O–H groups in total. The molecular formula is C15H21BrN2O. The molecule has 1 heterocycles. The van der Waals surface area contributed by atoms with Gasteiger partial charge in [0, 0.05) is 11.0 Å². The van der Waals surface area contributed by atoms with E-state index in [0.717, 1.165) is 36.0 Å². The highest BCUT2D eigenvalue weighted by Gasteiger charge is 2.37. The summed E-state index contributed by atoms with van der Waals surface area (Å²) < 4.78 is 1.06. The second-order valence-electron chi connectivity index (χ2n) is 5.47. The molecule has 0 bridgehead atoms. The molecule has 104 valence electrons. The van der Waals surface area contributed by atoms with E-state index in [-0.39, 0.29) is 17.4 Å². The molecule has 0 saturated carbocycles. The lowest BCUT2D eigenvalue weighted by molar-refractivity contribution is -0.130. The Balaban J connectivity index is 2.06. The quantitative estimate of drug-likeness (QED) is 0.893. The highest BCUT2D eigenvalue weighted by Crippen LogP contribution is 2.27. The van der Waals surface area contributed by atoms with Crippen molar-refractivity contribution in [2.75, 3.05) is 13.1 Å². The zero-order valence-electron chi connectivity index (χ0n) is 11.5. The molecule has 0 spiro atoms. The Bertz CT molecular complexity index is 438. The summed E-state index contributed by atoms with van der Waals surface area (Å²) in [6.07, 6.45) is 1.81. The lowest BCUT2D eigenvalue weighted by atomic mass is 9.88. The van der Waals surface area contributed by atoms with Crippen LogP contribution < -0.4 is 10.6 Å². The highest BCUT2D eigenvalue weighted by molar-refractivity contribution is 9.10. The lowest BCUT2D eigenvalue weighted by Gasteiger charge is -2.26. The Morgan fingerprint density at radius 3 is 2.68 bits per heavy atom. The van der Waals surface area contributed by atoms with Crippen LogP contribution in [0.1, 0.15) is 38.3 Å². The first-order valence-corrected chi connectivity index (χ1v) is 7.61. The van der Waals surface area contributed by atoms with Crippen molar-refractivity contribution in [3.8, 4) is 0 Å². The standard InChI is InChI=1S/C15H21BrN2O/c1-3-13(11-4-6-12(16)7-5-11)18-14(19)15(2)8-9-17-10-15/h4-7,13,17H,3,8-10H2,1-2H3,(H,18,19). The van der Waals surface area contributed by atoms with Crippen LogP contribution in [0.3, 0.4) is 0 Å². The fraction of sp³-hybridized carbons (Fsp3) is 0.533. The smallest absolute Gasteiger partial charge is 0.227 e. The van der Waals surface area contributed by atoms with Crippen molar-refractivity contribution in [3.05, 3.63) is 34.3 Å². The Morgan fingerprint density at radius 2 is 2.16 bits per heavy atom. The minimum absolute atomic E-state index is 0.0954. The molecule has 1 aromatic rings. The second kappa shape index (κ2) is 6.06. The number of halogens is 1. The van der Waals surface area contributed by atoms with Crippen LogP contribution in [0.25, 0.3) is 0 Å². The molecule has 19 heavy (non-hydrogen) atoms. The fourth-order valence-electron chi connectivity index (χ4n) is 2.46. The first kappa shape index (κ1) is 14.5. The molecule has 1 amide bonds. The first-order chi connectivity index (χ1) is 9.05. The largest absolute Gasteiger partial charge is 0.349 e. The molecule has 0 radical (unpaired) electrons. The minimum atomic E-state index is -0.261. The van der Waals surface area contributed by atoms with Crippen molar-refractivity contribution < 1.29 is 4.79 Å². The Morgan fingerprint density at radius 1 is 1.47 bits per heavy atom. The number of rotatable bonds is 4. The van der Waals surface area contributed by atoms with Crippen LogP contribution in [-0.2, 0) is 4.79 Å². The van der Waals surface area contributed by atoms with E-state index in [1.807, 2.05) is 19.1 Å². The minimum Gasteiger partial charge on any atom is -0.349 e. The summed E-state index contributed by atoms with van der Waals surface area (Å²) in [5.74, 6) is 0.160. The van der Waals surface area contributed by atoms with Gasteiger partial charge < -0.3 is 10.6 Å². The van der Waals surface area contributed by atoms with Crippen molar-refractivity contribution in [2.45, 2.75) is 32.7 Å². The summed E-state index contributed by atoms with van der Waals surface area (Å²) in [5, 5.41) is 6.46. The van der Waals surface area contributed by atoms with E-state index in [0.29, 0.717) is 0 Å². The van der Waals surface area contributed by atoms with Crippen LogP contribution in [-0.4, -0.2) is 19.0 Å². The second-order valence-corrected chi connectivity index (χ2v) is 6.39. The van der Waals surface area contributed by atoms with Crippen LogP contribution >= 0.6 is 15.9 Å². The Kier molecular flexibility index (Phi) is 4.63. The molecule has 2 atom stereocenters. The van der Waals surface area contributed by atoms with Crippen LogP contribution in [0.4, 0.5) is 0 Å². The van der Waals surface area contributed by atoms with Crippen molar-refractivity contribution in [1.82, 2.24) is 10.6 Å². The van der Waals surface area contributed by atoms with E-state index in [1.54, 1.807) is 0 Å². The van der Waals surface area contributed by atoms with Gasteiger partial charge in [-0.2, -0.15) is 0 Å². The summed E-state index contributed by atoms with van der Waals surface area (Å²) in [4.78, 5) is 12.4. The normalized spacial score (nSPS) is 24.2. The molecule has 1 saturated heterocycles. The van der Waals surface area contributed by atoms with Crippen LogP contribution in [0.15, 0.2) is 28.7 Å². The highest BCUT2D eigenvalue weighted by atomic mass is 79.9. The van der Waals surface area contributed by atoms with Crippen LogP contribution in [0, 0.1) is 5.41 Å². The van der Waals surface area contributed by atoms with Crippen molar-refractivity contribution in [2.24, 2.45) is 5.41 Å². The zero-order valence-corrected chi connectivity index (χ0v) is 13.1. The van der Waals surface area contributed by atoms with Gasteiger partial charge in [0.25, 0.3) is 0 Å². The summed E-state index contributed by atoms with van der Waals surface area (Å²) in [5.41, 5.74) is 0.900. The van der Waals surface area contributed by atoms with Gasteiger partial charge >= 0.3 is 0 Å². The predicted molar refractivity (Wildman–Crippen MR) is 80.9 cm³/mol. The van der Waals surface area contributed by atoms with Crippen molar-refractivity contribution >= 4 is 21.8 Å². The molecular weight excluding hydrogens is 304 g/mol. The molecule has 1 aliphatic rings. The zero-order chi connectivity index (χ0) is 13.9. The SMILES string of the molecule is CCC(NC(=O)C1(C)CCNC1)c1ccc(Br)cc1. The number of nitrogens with one attached hydrogen (secondary N) is 2. The van der Waals surface area contributed by atoms with Gasteiger partial charge in [-0.25, -0.2) is 0 Å². The molecule has 4 heteroatoms. The number of hydrogen-bond donors (Lipinski definition) is 2. The lowest BCUT2D eigenvalue weighted by Crippen LogP contribution is -2.42. The molecule has 1 fully saturated rings. The molecule has 0 aliphatic carbocycles. The average molecular weight is 325 g/mol. The number of hydrogen-bond acceptors (Lipinski definition) is 2. The first-order valence-electron chi connectivity index (χ1n) is 6.82. The third-order valence-corrected chi connectivity index (χ3v) is 4.43. The number of benzene rings is 1. The van der Waals surface area contributed by atoms with Gasteiger partial charge in [0.05, 0.1) is 11.5 Å². The Labute approximate surface area is 123 Å². The monoisotopic (exact) mass is 324 g/mol. The predicted octanol–water partition coefficient (Wildman–Crippen LogP) is 3.02. The maximum absolute atomic E-state index is 12.4. The van der Waals surface area contributed by atoms with Crippen LogP contribution in [0.2, 0.25) is 0 Å². The molecule has 2 rings (SSSR count). The molecule has 0 aromatic heterocycles. The van der Waals surface area contributed by atoms with E-state index in [4.69, 9.17) is 0 Å². The number of carbonyl (C=O) groups excluding carboxylic acids is 1. The van der Waals surface area contributed by atoms with Crippen molar-refractivity contribution in [3.63, 3.8) is 0 Å². The van der Waals surface area contributed by atoms with Gasteiger partial charge in [-0.1, -0.05) is 35.0 Å². The van der Waals surface area contributed by atoms with Gasteiger partial charge in [-0.15, -0.1) is 0 Å². The van der Waals surface area contributed by atoms with E-state index in [9.17, 15) is 4.79 Å². The van der Waals surface area contributed by atoms with E-state index in [1.165, 1.54) is 0 Å². The number of carbonyl (C=O) groups is 1. The number of amides is 1. The maximum atomic E-state index is 12.4. The summed E-state index contributed by atoms with van der Waals surface area (Å²) in [6, 6.07) is 8.26. The van der Waals surface area contributed by atoms with Gasteiger partial charge in [0.1, 0.15) is 0 Å². The fourth-order valence-corrected chi connectivity index (χ4v) is 2.72. The van der Waals surface area contributed by atoms with Gasteiger partial charge in [0.15, 0.2) is 0 Å². The topological polar surface area (TPSA) is 41.1 Å². The summed E-state index contributed by atoms with van der Waals surface area (Å²) in [7, 11) is 0. The van der Waals surface area contributed by atoms with E-state index < -0.39 is 0 Å². The summed E-state index contributed by atoms with van der Waals surface area (Å²) in [6.45, 7) is 5.84. The molecule has 2 unspecified atom stereocenters. The molecule has 1 aromatic carbocycles. The third-order valence-electron chi connectivity index (χ3n) is 3.90. The molecule has 1 aliphatic heterocycles. The third kappa shape index (κ3) is 3.37. The molecule has 3 nitrogen and oxygen atoms in total. The van der Waals surface area contributed by atoms with Crippen LogP contribution in [0.5, 0.6) is 0 Å². The van der Waals surface area contributed by atoms with E-state index >= 15 is 0 Å². The van der Waals surface area contributed by atoms with Gasteiger partial charge in [-0.05, 0) is 44.0 Å². The van der Waals surface area contributed by atoms with E-state index in [2.05, 4.69) is 45.6 Å².